The molecule has 126 valence electrons. The SMILES string of the molecule is CNC(=O)NC(=O)C(C)N(C)CC(=O)Nc1ccc(Br)cc1C. The number of amides is 4. The largest absolute Gasteiger partial charge is 0.341 e. The number of imide groups is 1. The minimum atomic E-state index is -0.621. The number of urea groups is 1. The molecule has 0 aromatic heterocycles. The number of hydrogen-bond donors (Lipinski definition) is 3. The number of benzene rings is 1. The van der Waals surface area contributed by atoms with Crippen LogP contribution in [0.3, 0.4) is 0 Å². The van der Waals surface area contributed by atoms with Crippen LogP contribution < -0.4 is 16.0 Å². The third-order valence-electron chi connectivity index (χ3n) is 3.36. The normalized spacial score (nSPS) is 11.7. The van der Waals surface area contributed by atoms with Crippen LogP contribution in [0.25, 0.3) is 0 Å². The molecule has 0 saturated heterocycles. The highest BCUT2D eigenvalue weighted by molar-refractivity contribution is 9.10. The van der Waals surface area contributed by atoms with Crippen molar-refractivity contribution in [2.45, 2.75) is 19.9 Å². The average molecular weight is 385 g/mol. The summed E-state index contributed by atoms with van der Waals surface area (Å²) in [5, 5.41) is 7.28. The molecule has 4 amide bonds. The third kappa shape index (κ3) is 5.99. The number of carbonyl (C=O) groups excluding carboxylic acids is 3. The van der Waals surface area contributed by atoms with Crippen LogP contribution in [-0.4, -0.2) is 49.4 Å². The first-order valence-corrected chi connectivity index (χ1v) is 7.82. The van der Waals surface area contributed by atoms with E-state index in [2.05, 4.69) is 31.9 Å². The zero-order chi connectivity index (χ0) is 17.6. The van der Waals surface area contributed by atoms with E-state index in [0.717, 1.165) is 10.0 Å². The summed E-state index contributed by atoms with van der Waals surface area (Å²) in [6.45, 7) is 3.54. The molecule has 0 fully saturated rings. The van der Waals surface area contributed by atoms with Crippen LogP contribution in [0.5, 0.6) is 0 Å². The lowest BCUT2D eigenvalue weighted by Crippen LogP contribution is -2.49. The molecule has 1 atom stereocenters. The zero-order valence-electron chi connectivity index (χ0n) is 13.6. The van der Waals surface area contributed by atoms with Crippen LogP contribution in [0.1, 0.15) is 12.5 Å². The van der Waals surface area contributed by atoms with Gasteiger partial charge >= 0.3 is 6.03 Å². The summed E-state index contributed by atoms with van der Waals surface area (Å²) in [4.78, 5) is 36.6. The van der Waals surface area contributed by atoms with Gasteiger partial charge in [0.05, 0.1) is 12.6 Å². The van der Waals surface area contributed by atoms with Gasteiger partial charge in [0.15, 0.2) is 0 Å². The van der Waals surface area contributed by atoms with Crippen LogP contribution in [0.2, 0.25) is 0 Å². The zero-order valence-corrected chi connectivity index (χ0v) is 15.2. The van der Waals surface area contributed by atoms with Crippen molar-refractivity contribution in [3.8, 4) is 0 Å². The number of aryl methyl sites for hydroxylation is 1. The molecule has 1 aromatic rings. The quantitative estimate of drug-likeness (QED) is 0.716. The Labute approximate surface area is 143 Å². The van der Waals surface area contributed by atoms with Gasteiger partial charge < -0.3 is 10.6 Å². The number of nitrogens with one attached hydrogen (secondary N) is 3. The van der Waals surface area contributed by atoms with Gasteiger partial charge in [0, 0.05) is 17.2 Å². The van der Waals surface area contributed by atoms with Gasteiger partial charge in [0.2, 0.25) is 11.8 Å². The maximum absolute atomic E-state index is 12.1. The minimum absolute atomic E-state index is 0.0256. The summed E-state index contributed by atoms with van der Waals surface area (Å²) >= 11 is 3.37. The van der Waals surface area contributed by atoms with Crippen molar-refractivity contribution in [3.05, 3.63) is 28.2 Å². The summed E-state index contributed by atoms with van der Waals surface area (Å²) in [6.07, 6.45) is 0. The second-order valence-electron chi connectivity index (χ2n) is 5.17. The number of rotatable bonds is 5. The standard InChI is InChI=1S/C15H21BrN4O3/c1-9-7-11(16)5-6-12(9)18-13(21)8-20(4)10(2)14(22)19-15(23)17-3/h5-7,10H,8H2,1-4H3,(H,18,21)(H2,17,19,22,23). The lowest BCUT2D eigenvalue weighted by Gasteiger charge is -2.23. The highest BCUT2D eigenvalue weighted by atomic mass is 79.9. The maximum atomic E-state index is 12.1. The second kappa shape index (κ2) is 8.64. The van der Waals surface area contributed by atoms with E-state index in [1.165, 1.54) is 7.05 Å². The van der Waals surface area contributed by atoms with Crippen molar-refractivity contribution in [3.63, 3.8) is 0 Å². The number of carbonyl (C=O) groups is 3. The fraction of sp³-hybridized carbons (Fsp3) is 0.400. The van der Waals surface area contributed by atoms with Gasteiger partial charge in [-0.1, -0.05) is 15.9 Å². The van der Waals surface area contributed by atoms with E-state index in [0.29, 0.717) is 5.69 Å². The molecule has 0 heterocycles. The Morgan fingerprint density at radius 1 is 1.30 bits per heavy atom. The smallest absolute Gasteiger partial charge is 0.321 e. The summed E-state index contributed by atoms with van der Waals surface area (Å²) in [5.41, 5.74) is 1.65. The minimum Gasteiger partial charge on any atom is -0.341 e. The predicted octanol–water partition coefficient (Wildman–Crippen LogP) is 1.47. The van der Waals surface area contributed by atoms with Gasteiger partial charge in [-0.3, -0.25) is 19.8 Å². The molecule has 7 nitrogen and oxygen atoms in total. The van der Waals surface area contributed by atoms with E-state index >= 15 is 0 Å². The fourth-order valence-corrected chi connectivity index (χ4v) is 2.28. The van der Waals surface area contributed by atoms with Crippen molar-refractivity contribution in [2.24, 2.45) is 0 Å². The second-order valence-corrected chi connectivity index (χ2v) is 6.08. The molecule has 8 heteroatoms. The molecule has 0 aliphatic carbocycles. The Kier molecular flexibility index (Phi) is 7.18. The van der Waals surface area contributed by atoms with Crippen molar-refractivity contribution in [1.82, 2.24) is 15.5 Å². The van der Waals surface area contributed by atoms with Crippen LogP contribution in [0, 0.1) is 6.92 Å². The van der Waals surface area contributed by atoms with Crippen LogP contribution in [0.4, 0.5) is 10.5 Å². The molecular weight excluding hydrogens is 364 g/mol. The van der Waals surface area contributed by atoms with Crippen LogP contribution in [0.15, 0.2) is 22.7 Å². The van der Waals surface area contributed by atoms with Gasteiger partial charge in [-0.05, 0) is 44.7 Å². The first kappa shape index (κ1) is 19.1. The van der Waals surface area contributed by atoms with Crippen molar-refractivity contribution in [2.75, 3.05) is 26.0 Å². The molecule has 0 spiro atoms. The molecule has 1 rings (SSSR count). The predicted molar refractivity (Wildman–Crippen MR) is 92.2 cm³/mol. The van der Waals surface area contributed by atoms with Gasteiger partial charge in [-0.15, -0.1) is 0 Å². The van der Waals surface area contributed by atoms with Gasteiger partial charge in [-0.2, -0.15) is 0 Å². The lowest BCUT2D eigenvalue weighted by molar-refractivity contribution is -0.125. The number of halogens is 1. The van der Waals surface area contributed by atoms with Gasteiger partial charge in [0.1, 0.15) is 0 Å². The fourth-order valence-electron chi connectivity index (χ4n) is 1.80. The average Bonchev–Trinajstić information content (AvgIpc) is 2.48. The molecule has 0 aliphatic heterocycles. The van der Waals surface area contributed by atoms with Crippen molar-refractivity contribution >= 4 is 39.5 Å². The Morgan fingerprint density at radius 3 is 2.52 bits per heavy atom. The molecule has 3 N–H and O–H groups in total. The third-order valence-corrected chi connectivity index (χ3v) is 3.85. The van der Waals surface area contributed by atoms with E-state index in [1.807, 2.05) is 19.1 Å². The van der Waals surface area contributed by atoms with E-state index in [9.17, 15) is 14.4 Å². The van der Waals surface area contributed by atoms with Gasteiger partial charge in [0.25, 0.3) is 0 Å². The first-order valence-electron chi connectivity index (χ1n) is 7.03. The number of nitrogens with zero attached hydrogens (tertiary/aromatic N) is 1. The molecule has 0 bridgehead atoms. The Bertz CT molecular complexity index is 606. The highest BCUT2D eigenvalue weighted by Crippen LogP contribution is 2.19. The Morgan fingerprint density at radius 2 is 1.96 bits per heavy atom. The summed E-state index contributed by atoms with van der Waals surface area (Å²) in [6, 6.07) is 4.35. The number of anilines is 1. The van der Waals surface area contributed by atoms with E-state index in [1.54, 1.807) is 24.9 Å². The van der Waals surface area contributed by atoms with E-state index in [4.69, 9.17) is 0 Å². The monoisotopic (exact) mass is 384 g/mol. The Balaban J connectivity index is 2.58. The van der Waals surface area contributed by atoms with E-state index in [-0.39, 0.29) is 12.5 Å². The lowest BCUT2D eigenvalue weighted by atomic mass is 10.2. The van der Waals surface area contributed by atoms with Crippen LogP contribution in [-0.2, 0) is 9.59 Å². The Hall–Kier alpha value is -1.93. The molecule has 1 aromatic carbocycles. The van der Waals surface area contributed by atoms with Crippen molar-refractivity contribution < 1.29 is 14.4 Å². The first-order chi connectivity index (χ1) is 10.7. The molecule has 0 saturated carbocycles. The van der Waals surface area contributed by atoms with Crippen molar-refractivity contribution in [1.29, 1.82) is 0 Å². The summed E-state index contributed by atoms with van der Waals surface area (Å²) in [5.74, 6) is -0.711. The number of likely N-dealkylation sites (N-methyl/N-ethyl adjacent to an activating group) is 1. The number of hydrogen-bond acceptors (Lipinski definition) is 4. The van der Waals surface area contributed by atoms with Gasteiger partial charge in [-0.25, -0.2) is 4.79 Å². The molecule has 1 unspecified atom stereocenters. The topological polar surface area (TPSA) is 90.5 Å². The molecular formula is C15H21BrN4O3. The molecule has 0 aliphatic rings. The molecule has 0 radical (unpaired) electrons. The van der Waals surface area contributed by atoms with E-state index < -0.39 is 18.0 Å². The highest BCUT2D eigenvalue weighted by Gasteiger charge is 2.21. The van der Waals surface area contributed by atoms with Crippen LogP contribution >= 0.6 is 15.9 Å². The summed E-state index contributed by atoms with van der Waals surface area (Å²) in [7, 11) is 3.06. The maximum Gasteiger partial charge on any atom is 0.321 e. The molecule has 23 heavy (non-hydrogen) atoms. The summed E-state index contributed by atoms with van der Waals surface area (Å²) < 4.78 is 0.935.